The summed E-state index contributed by atoms with van der Waals surface area (Å²) in [6.45, 7) is 13.3. The van der Waals surface area contributed by atoms with Gasteiger partial charge in [-0.25, -0.2) is 0 Å². The van der Waals surface area contributed by atoms with Crippen LogP contribution in [0, 0.1) is 0 Å². The van der Waals surface area contributed by atoms with E-state index < -0.39 is 0 Å². The number of carbonyl (C=O) groups is 1. The van der Waals surface area contributed by atoms with Crippen LogP contribution >= 0.6 is 0 Å². The lowest BCUT2D eigenvalue weighted by atomic mass is 10.0. The molecule has 5 nitrogen and oxygen atoms in total. The van der Waals surface area contributed by atoms with Gasteiger partial charge in [-0.3, -0.25) is 4.79 Å². The normalized spacial score (nSPS) is 11.7. The van der Waals surface area contributed by atoms with E-state index in [0.29, 0.717) is 17.9 Å². The molecule has 0 radical (unpaired) electrons. The second kappa shape index (κ2) is 12.0. The van der Waals surface area contributed by atoms with Gasteiger partial charge in [0.25, 0.3) is 5.91 Å². The topological polar surface area (TPSA) is 56.8 Å². The standard InChI is InChI=1S/C28H41NO4/c1-8-27(3,4)32-22-18-17-21(25(20-22)33-28(5,6)9-2)14-12-13-19-29-26(30)23-15-10-11-16-24(23)31-7/h10-11,15-18,20H,8-9,12-14,19H2,1-7H3,(H,29,30). The highest BCUT2D eigenvalue weighted by molar-refractivity contribution is 5.96. The Balaban J connectivity index is 1.98. The second-order valence-corrected chi connectivity index (χ2v) is 9.61. The first kappa shape index (κ1) is 26.6. The lowest BCUT2D eigenvalue weighted by Crippen LogP contribution is -2.28. The van der Waals surface area contributed by atoms with E-state index in [-0.39, 0.29) is 17.1 Å². The van der Waals surface area contributed by atoms with Crippen molar-refractivity contribution in [2.45, 2.75) is 84.8 Å². The van der Waals surface area contributed by atoms with E-state index in [9.17, 15) is 4.79 Å². The third-order valence-electron chi connectivity index (χ3n) is 6.03. The molecule has 182 valence electrons. The number of methoxy groups -OCH3 is 1. The monoisotopic (exact) mass is 455 g/mol. The Morgan fingerprint density at radius 3 is 2.21 bits per heavy atom. The average molecular weight is 456 g/mol. The summed E-state index contributed by atoms with van der Waals surface area (Å²) in [6.07, 6.45) is 4.52. The number of para-hydroxylation sites is 1. The van der Waals surface area contributed by atoms with Crippen molar-refractivity contribution >= 4 is 5.91 Å². The Morgan fingerprint density at radius 1 is 0.879 bits per heavy atom. The minimum Gasteiger partial charge on any atom is -0.496 e. The van der Waals surface area contributed by atoms with Crippen LogP contribution in [0.3, 0.4) is 0 Å². The minimum absolute atomic E-state index is 0.110. The average Bonchev–Trinajstić information content (AvgIpc) is 2.79. The predicted molar refractivity (Wildman–Crippen MR) is 135 cm³/mol. The molecule has 0 aliphatic carbocycles. The summed E-state index contributed by atoms with van der Waals surface area (Å²) >= 11 is 0. The highest BCUT2D eigenvalue weighted by Crippen LogP contribution is 2.32. The Hall–Kier alpha value is -2.69. The lowest BCUT2D eigenvalue weighted by molar-refractivity contribution is 0.0940. The SMILES string of the molecule is CCC(C)(C)Oc1ccc(CCCCNC(=O)c2ccccc2OC)c(OC(C)(C)CC)c1. The fourth-order valence-corrected chi connectivity index (χ4v) is 3.23. The highest BCUT2D eigenvalue weighted by atomic mass is 16.5. The Bertz CT molecular complexity index is 905. The van der Waals surface area contributed by atoms with Gasteiger partial charge in [-0.2, -0.15) is 0 Å². The molecule has 2 rings (SSSR count). The lowest BCUT2D eigenvalue weighted by Gasteiger charge is -2.29. The van der Waals surface area contributed by atoms with Gasteiger partial charge in [0.05, 0.1) is 12.7 Å². The van der Waals surface area contributed by atoms with Crippen molar-refractivity contribution in [2.75, 3.05) is 13.7 Å². The summed E-state index contributed by atoms with van der Waals surface area (Å²) in [5, 5.41) is 2.99. The second-order valence-electron chi connectivity index (χ2n) is 9.61. The number of hydrogen-bond donors (Lipinski definition) is 1. The first-order valence-corrected chi connectivity index (χ1v) is 12.0. The smallest absolute Gasteiger partial charge is 0.255 e. The maximum Gasteiger partial charge on any atom is 0.255 e. The molecule has 33 heavy (non-hydrogen) atoms. The molecule has 0 fully saturated rings. The van der Waals surface area contributed by atoms with Gasteiger partial charge < -0.3 is 19.5 Å². The first-order valence-electron chi connectivity index (χ1n) is 12.0. The van der Waals surface area contributed by atoms with Crippen molar-refractivity contribution in [3.63, 3.8) is 0 Å². The number of carbonyl (C=O) groups excluding carboxylic acids is 1. The Kier molecular flexibility index (Phi) is 9.63. The van der Waals surface area contributed by atoms with E-state index in [0.717, 1.165) is 49.2 Å². The Labute approximate surface area is 199 Å². The van der Waals surface area contributed by atoms with Crippen molar-refractivity contribution in [1.82, 2.24) is 5.32 Å². The number of nitrogens with one attached hydrogen (secondary N) is 1. The van der Waals surface area contributed by atoms with Gasteiger partial charge in [0.15, 0.2) is 0 Å². The van der Waals surface area contributed by atoms with Gasteiger partial charge in [-0.05, 0) is 83.6 Å². The number of hydrogen-bond acceptors (Lipinski definition) is 4. The van der Waals surface area contributed by atoms with Crippen molar-refractivity contribution in [3.05, 3.63) is 53.6 Å². The number of amides is 1. The highest BCUT2D eigenvalue weighted by Gasteiger charge is 2.21. The van der Waals surface area contributed by atoms with Crippen LogP contribution in [0.2, 0.25) is 0 Å². The zero-order chi connectivity index (χ0) is 24.5. The molecule has 2 aromatic rings. The van der Waals surface area contributed by atoms with E-state index in [1.54, 1.807) is 19.2 Å². The molecule has 1 N–H and O–H groups in total. The molecule has 0 aromatic heterocycles. The molecule has 5 heteroatoms. The minimum atomic E-state index is -0.254. The van der Waals surface area contributed by atoms with Crippen molar-refractivity contribution in [1.29, 1.82) is 0 Å². The van der Waals surface area contributed by atoms with Gasteiger partial charge in [0, 0.05) is 12.6 Å². The number of rotatable bonds is 13. The Morgan fingerprint density at radius 2 is 1.55 bits per heavy atom. The molecule has 0 atom stereocenters. The summed E-state index contributed by atoms with van der Waals surface area (Å²) in [5.41, 5.74) is 1.24. The van der Waals surface area contributed by atoms with Crippen LogP contribution in [0.4, 0.5) is 0 Å². The number of unbranched alkanes of at least 4 members (excludes halogenated alkanes) is 1. The maximum atomic E-state index is 12.5. The van der Waals surface area contributed by atoms with E-state index >= 15 is 0 Å². The summed E-state index contributed by atoms with van der Waals surface area (Å²) in [4.78, 5) is 12.5. The van der Waals surface area contributed by atoms with Crippen molar-refractivity contribution in [3.8, 4) is 17.2 Å². The van der Waals surface area contributed by atoms with E-state index in [2.05, 4.69) is 52.9 Å². The van der Waals surface area contributed by atoms with Crippen LogP contribution < -0.4 is 19.5 Å². The largest absolute Gasteiger partial charge is 0.496 e. The van der Waals surface area contributed by atoms with Crippen LogP contribution in [-0.2, 0) is 6.42 Å². The van der Waals surface area contributed by atoms with Gasteiger partial charge in [0.2, 0.25) is 0 Å². The third kappa shape index (κ3) is 8.30. The molecule has 0 aliphatic rings. The molecule has 0 unspecified atom stereocenters. The van der Waals surface area contributed by atoms with Crippen LogP contribution in [-0.4, -0.2) is 30.8 Å². The number of benzene rings is 2. The number of ether oxygens (including phenoxy) is 3. The van der Waals surface area contributed by atoms with Gasteiger partial charge in [-0.15, -0.1) is 0 Å². The number of aryl methyl sites for hydroxylation is 1. The zero-order valence-corrected chi connectivity index (χ0v) is 21.4. The van der Waals surface area contributed by atoms with Gasteiger partial charge in [0.1, 0.15) is 28.5 Å². The van der Waals surface area contributed by atoms with Crippen LogP contribution in [0.25, 0.3) is 0 Å². The van der Waals surface area contributed by atoms with Crippen molar-refractivity contribution in [2.24, 2.45) is 0 Å². The fourth-order valence-electron chi connectivity index (χ4n) is 3.23. The molecular weight excluding hydrogens is 414 g/mol. The molecule has 1 amide bonds. The van der Waals surface area contributed by atoms with Crippen molar-refractivity contribution < 1.29 is 19.0 Å². The molecule has 0 aliphatic heterocycles. The molecule has 0 saturated carbocycles. The summed E-state index contributed by atoms with van der Waals surface area (Å²) < 4.78 is 17.8. The molecular formula is C28H41NO4. The van der Waals surface area contributed by atoms with Crippen LogP contribution in [0.15, 0.2) is 42.5 Å². The fraction of sp³-hybridized carbons (Fsp3) is 0.536. The summed E-state index contributed by atoms with van der Waals surface area (Å²) in [5.74, 6) is 2.19. The molecule has 0 spiro atoms. The maximum absolute atomic E-state index is 12.5. The van der Waals surface area contributed by atoms with E-state index in [1.165, 1.54) is 0 Å². The molecule has 0 saturated heterocycles. The van der Waals surface area contributed by atoms with Crippen LogP contribution in [0.1, 0.15) is 83.1 Å². The van der Waals surface area contributed by atoms with Crippen LogP contribution in [0.5, 0.6) is 17.2 Å². The zero-order valence-electron chi connectivity index (χ0n) is 21.4. The van der Waals surface area contributed by atoms with E-state index in [4.69, 9.17) is 14.2 Å². The van der Waals surface area contributed by atoms with E-state index in [1.807, 2.05) is 24.3 Å². The predicted octanol–water partition coefficient (Wildman–Crippen LogP) is 6.58. The first-order chi connectivity index (χ1) is 15.6. The molecule has 2 aromatic carbocycles. The van der Waals surface area contributed by atoms with Gasteiger partial charge >= 0.3 is 0 Å². The quantitative estimate of drug-likeness (QED) is 0.347. The summed E-state index contributed by atoms with van der Waals surface area (Å²) in [6, 6.07) is 13.4. The summed E-state index contributed by atoms with van der Waals surface area (Å²) in [7, 11) is 1.57. The molecule has 0 bridgehead atoms. The molecule has 0 heterocycles. The third-order valence-corrected chi connectivity index (χ3v) is 6.03. The van der Waals surface area contributed by atoms with Gasteiger partial charge in [-0.1, -0.05) is 32.0 Å².